The van der Waals surface area contributed by atoms with Gasteiger partial charge in [-0.15, -0.1) is 0 Å². The summed E-state index contributed by atoms with van der Waals surface area (Å²) in [5.74, 6) is 0.494. The van der Waals surface area contributed by atoms with Crippen molar-refractivity contribution in [1.82, 2.24) is 4.31 Å². The van der Waals surface area contributed by atoms with Gasteiger partial charge in [0.25, 0.3) is 10.1 Å². The maximum absolute atomic E-state index is 13.6. The maximum Gasteiger partial charge on any atom is 0.297 e. The fourth-order valence-corrected chi connectivity index (χ4v) is 5.99. The summed E-state index contributed by atoms with van der Waals surface area (Å²) in [6.45, 7) is 5.19. The number of hydrogen-bond acceptors (Lipinski definition) is 6. The van der Waals surface area contributed by atoms with Crippen LogP contribution in [0.1, 0.15) is 42.7 Å². The van der Waals surface area contributed by atoms with Crippen molar-refractivity contribution in [3.63, 3.8) is 0 Å². The Morgan fingerprint density at radius 3 is 1.97 bits per heavy atom. The molecule has 178 valence electrons. The van der Waals surface area contributed by atoms with E-state index in [1.165, 1.54) is 22.7 Å². The molecule has 3 aromatic rings. The van der Waals surface area contributed by atoms with Crippen LogP contribution in [-0.4, -0.2) is 34.3 Å². The van der Waals surface area contributed by atoms with Crippen molar-refractivity contribution in [2.75, 3.05) is 13.2 Å². The molecule has 0 fully saturated rings. The first-order valence-corrected chi connectivity index (χ1v) is 13.6. The van der Waals surface area contributed by atoms with E-state index >= 15 is 0 Å². The van der Waals surface area contributed by atoms with E-state index in [1.54, 1.807) is 48.5 Å². The lowest BCUT2D eigenvalue weighted by Crippen LogP contribution is -2.37. The van der Waals surface area contributed by atoms with Crippen LogP contribution in [0.5, 0.6) is 0 Å². The Bertz CT molecular complexity index is 1230. The standard InChI is InChI=1S/C24H29NO6S2/c1-4-6-23(24-7-5-17-30-24)25(32(26,27)21-12-8-19(2)9-13-21)16-18-31-33(28,29)22-14-10-20(3)11-15-22/h5,7-15,17,23H,4,6,16,18H2,1-3H3/t23-/m1/s1. The molecule has 0 unspecified atom stereocenters. The molecule has 1 heterocycles. The molecule has 1 aromatic heterocycles. The van der Waals surface area contributed by atoms with Gasteiger partial charge in [0.2, 0.25) is 10.0 Å². The summed E-state index contributed by atoms with van der Waals surface area (Å²) in [6.07, 6.45) is 2.70. The highest BCUT2D eigenvalue weighted by Gasteiger charge is 2.34. The molecule has 0 spiro atoms. The summed E-state index contributed by atoms with van der Waals surface area (Å²) in [7, 11) is -7.98. The normalized spacial score (nSPS) is 13.3. The third-order valence-electron chi connectivity index (χ3n) is 5.27. The second-order valence-corrected chi connectivity index (χ2v) is 11.3. The van der Waals surface area contributed by atoms with Crippen molar-refractivity contribution >= 4 is 20.1 Å². The summed E-state index contributed by atoms with van der Waals surface area (Å²) in [5.41, 5.74) is 1.86. The monoisotopic (exact) mass is 491 g/mol. The highest BCUT2D eigenvalue weighted by Crippen LogP contribution is 2.32. The summed E-state index contributed by atoms with van der Waals surface area (Å²) in [5, 5.41) is 0. The van der Waals surface area contributed by atoms with Crippen molar-refractivity contribution in [3.05, 3.63) is 83.8 Å². The average Bonchev–Trinajstić information content (AvgIpc) is 3.31. The Kier molecular flexibility index (Phi) is 8.12. The number of nitrogens with zero attached hydrogens (tertiary/aromatic N) is 1. The van der Waals surface area contributed by atoms with Crippen LogP contribution in [0.3, 0.4) is 0 Å². The molecule has 0 bridgehead atoms. The van der Waals surface area contributed by atoms with Crippen molar-refractivity contribution in [3.8, 4) is 0 Å². The van der Waals surface area contributed by atoms with Gasteiger partial charge in [0.15, 0.2) is 0 Å². The van der Waals surface area contributed by atoms with Gasteiger partial charge >= 0.3 is 0 Å². The zero-order valence-corrected chi connectivity index (χ0v) is 20.6. The van der Waals surface area contributed by atoms with Crippen molar-refractivity contribution < 1.29 is 25.4 Å². The van der Waals surface area contributed by atoms with E-state index in [-0.39, 0.29) is 22.9 Å². The van der Waals surface area contributed by atoms with E-state index in [0.717, 1.165) is 11.1 Å². The van der Waals surface area contributed by atoms with Crippen LogP contribution in [-0.2, 0) is 24.3 Å². The first-order chi connectivity index (χ1) is 15.6. The number of furan rings is 1. The third-order valence-corrected chi connectivity index (χ3v) is 8.52. The zero-order valence-electron chi connectivity index (χ0n) is 19.0. The molecule has 1 atom stereocenters. The van der Waals surface area contributed by atoms with E-state index < -0.39 is 26.2 Å². The molecule has 0 aliphatic heterocycles. The topological polar surface area (TPSA) is 93.9 Å². The minimum atomic E-state index is -4.03. The molecule has 3 rings (SSSR count). The van der Waals surface area contributed by atoms with Crippen LogP contribution in [0.2, 0.25) is 0 Å². The molecule has 0 radical (unpaired) electrons. The van der Waals surface area contributed by atoms with Gasteiger partial charge in [-0.05, 0) is 56.7 Å². The lowest BCUT2D eigenvalue weighted by molar-refractivity contribution is 0.220. The van der Waals surface area contributed by atoms with Gasteiger partial charge in [0.05, 0.1) is 28.7 Å². The molecular weight excluding hydrogens is 462 g/mol. The van der Waals surface area contributed by atoms with Gasteiger partial charge in [-0.25, -0.2) is 8.42 Å². The van der Waals surface area contributed by atoms with Crippen molar-refractivity contribution in [2.45, 2.75) is 49.4 Å². The number of aryl methyl sites for hydroxylation is 2. The van der Waals surface area contributed by atoms with E-state index in [2.05, 4.69) is 0 Å². The van der Waals surface area contributed by atoms with Gasteiger partial charge in [0.1, 0.15) is 5.76 Å². The van der Waals surface area contributed by atoms with E-state index in [1.807, 2.05) is 20.8 Å². The first kappa shape index (κ1) is 25.2. The Morgan fingerprint density at radius 2 is 1.45 bits per heavy atom. The van der Waals surface area contributed by atoms with Crippen LogP contribution in [0.4, 0.5) is 0 Å². The Labute approximate surface area is 196 Å². The Balaban J connectivity index is 1.90. The van der Waals surface area contributed by atoms with Crippen molar-refractivity contribution in [2.24, 2.45) is 0 Å². The quantitative estimate of drug-likeness (QED) is 0.357. The molecule has 7 nitrogen and oxygen atoms in total. The van der Waals surface area contributed by atoms with Crippen molar-refractivity contribution in [1.29, 1.82) is 0 Å². The highest BCUT2D eigenvalue weighted by atomic mass is 32.2. The molecule has 0 saturated heterocycles. The van der Waals surface area contributed by atoms with Crippen LogP contribution < -0.4 is 0 Å². The summed E-state index contributed by atoms with van der Waals surface area (Å²) >= 11 is 0. The average molecular weight is 492 g/mol. The fourth-order valence-electron chi connectivity index (χ4n) is 3.48. The minimum Gasteiger partial charge on any atom is -0.468 e. The van der Waals surface area contributed by atoms with Gasteiger partial charge in [-0.2, -0.15) is 12.7 Å². The van der Waals surface area contributed by atoms with Gasteiger partial charge in [0, 0.05) is 6.54 Å². The Hall–Kier alpha value is -2.46. The lowest BCUT2D eigenvalue weighted by Gasteiger charge is -2.29. The second kappa shape index (κ2) is 10.6. The largest absolute Gasteiger partial charge is 0.468 e. The Morgan fingerprint density at radius 1 is 0.879 bits per heavy atom. The van der Waals surface area contributed by atoms with E-state index in [9.17, 15) is 16.8 Å². The summed E-state index contributed by atoms with van der Waals surface area (Å²) in [4.78, 5) is 0.152. The zero-order chi connectivity index (χ0) is 24.1. The van der Waals surface area contributed by atoms with Gasteiger partial charge in [-0.1, -0.05) is 48.7 Å². The lowest BCUT2D eigenvalue weighted by atomic mass is 10.1. The number of rotatable bonds is 11. The van der Waals surface area contributed by atoms with Crippen LogP contribution in [0.25, 0.3) is 0 Å². The van der Waals surface area contributed by atoms with Crippen LogP contribution >= 0.6 is 0 Å². The minimum absolute atomic E-state index is 0.0252. The summed E-state index contributed by atoms with van der Waals surface area (Å²) in [6, 6.07) is 15.7. The third kappa shape index (κ3) is 6.11. The first-order valence-electron chi connectivity index (χ1n) is 10.7. The number of benzene rings is 2. The smallest absolute Gasteiger partial charge is 0.297 e. The molecule has 33 heavy (non-hydrogen) atoms. The predicted octanol–water partition coefficient (Wildman–Crippen LogP) is 4.83. The molecule has 9 heteroatoms. The van der Waals surface area contributed by atoms with Crippen LogP contribution in [0.15, 0.2) is 81.1 Å². The number of sulfonamides is 1. The second-order valence-electron chi connectivity index (χ2n) is 7.84. The maximum atomic E-state index is 13.6. The SMILES string of the molecule is CCC[C@H](c1ccco1)N(CCOS(=O)(=O)c1ccc(C)cc1)S(=O)(=O)c1ccc(C)cc1. The molecule has 2 aromatic carbocycles. The highest BCUT2D eigenvalue weighted by molar-refractivity contribution is 7.89. The molecule has 0 saturated carbocycles. The summed E-state index contributed by atoms with van der Waals surface area (Å²) < 4.78 is 64.4. The predicted molar refractivity (Wildman–Crippen MR) is 126 cm³/mol. The van der Waals surface area contributed by atoms with E-state index in [4.69, 9.17) is 8.60 Å². The molecular formula is C24H29NO6S2. The fraction of sp³-hybridized carbons (Fsp3) is 0.333. The van der Waals surface area contributed by atoms with Crippen LogP contribution in [0, 0.1) is 13.8 Å². The van der Waals surface area contributed by atoms with Gasteiger partial charge in [-0.3, -0.25) is 4.18 Å². The molecule has 0 aliphatic rings. The molecule has 0 N–H and O–H groups in total. The molecule has 0 amide bonds. The van der Waals surface area contributed by atoms with Gasteiger partial charge < -0.3 is 4.42 Å². The molecule has 0 aliphatic carbocycles. The number of hydrogen-bond donors (Lipinski definition) is 0. The van der Waals surface area contributed by atoms with E-state index in [0.29, 0.717) is 18.6 Å².